The molecule has 0 radical (unpaired) electrons. The molecule has 0 amide bonds. The molecule has 0 aliphatic heterocycles. The molecule has 0 fully saturated rings. The van der Waals surface area contributed by atoms with E-state index in [1.165, 1.54) is 32.6 Å². The molecule has 1 heterocycles. The van der Waals surface area contributed by atoms with Crippen LogP contribution in [0.4, 0.5) is 0 Å². The Hall–Kier alpha value is -2.11. The number of aliphatic hydroxyl groups is 2. The fourth-order valence-corrected chi connectivity index (χ4v) is 3.84. The first-order valence-electron chi connectivity index (χ1n) is 9.49. The van der Waals surface area contributed by atoms with Crippen molar-refractivity contribution in [2.75, 3.05) is 13.2 Å². The summed E-state index contributed by atoms with van der Waals surface area (Å²) in [6.45, 7) is 5.30. The average molecular weight is 399 g/mol. The number of nitrogens with zero attached hydrogens (tertiary/aromatic N) is 1. The molecule has 1 aromatic heterocycles. The molecular weight excluding hydrogens is 372 g/mol. The number of halogens is 1. The normalized spacial score (nSPS) is 12.0. The molecule has 0 aliphatic rings. The van der Waals surface area contributed by atoms with E-state index < -0.39 is 5.54 Å². The lowest BCUT2D eigenvalue weighted by Gasteiger charge is -2.26. The zero-order valence-corrected chi connectivity index (χ0v) is 17.1. The van der Waals surface area contributed by atoms with E-state index in [1.807, 2.05) is 6.92 Å². The van der Waals surface area contributed by atoms with Gasteiger partial charge in [-0.3, -0.25) is 0 Å². The minimum Gasteiger partial charge on any atom is -0.394 e. The van der Waals surface area contributed by atoms with Crippen molar-refractivity contribution in [2.45, 2.75) is 32.5 Å². The van der Waals surface area contributed by atoms with Crippen molar-refractivity contribution < 1.29 is 10.2 Å². The molecule has 3 N–H and O–H groups in total. The van der Waals surface area contributed by atoms with Gasteiger partial charge in [0, 0.05) is 34.9 Å². The number of fused-ring (bicyclic) bond motifs is 5. The number of aromatic nitrogens is 1. The third-order valence-corrected chi connectivity index (χ3v) is 5.55. The van der Waals surface area contributed by atoms with E-state index in [2.05, 4.69) is 71.4 Å². The van der Waals surface area contributed by atoms with Gasteiger partial charge in [0.1, 0.15) is 0 Å². The van der Waals surface area contributed by atoms with Crippen LogP contribution in [0.2, 0.25) is 0 Å². The predicted octanol–water partition coefficient (Wildman–Crippen LogP) is 4.22. The van der Waals surface area contributed by atoms with Crippen molar-refractivity contribution in [3.05, 3.63) is 60.2 Å². The number of benzene rings is 3. The van der Waals surface area contributed by atoms with Gasteiger partial charge in [-0.25, -0.2) is 0 Å². The van der Waals surface area contributed by atoms with E-state index >= 15 is 0 Å². The number of rotatable bonds is 6. The summed E-state index contributed by atoms with van der Waals surface area (Å²) in [5.74, 6) is 0. The van der Waals surface area contributed by atoms with Crippen molar-refractivity contribution in [3.63, 3.8) is 0 Å². The van der Waals surface area contributed by atoms with Crippen molar-refractivity contribution in [3.8, 4) is 0 Å². The summed E-state index contributed by atoms with van der Waals surface area (Å²) < 4.78 is 2.36. The minimum absolute atomic E-state index is 0. The summed E-state index contributed by atoms with van der Waals surface area (Å²) in [6.07, 6.45) is 0. The van der Waals surface area contributed by atoms with Gasteiger partial charge >= 0.3 is 0 Å². The molecule has 148 valence electrons. The molecule has 0 bridgehead atoms. The maximum atomic E-state index is 9.50. The van der Waals surface area contributed by atoms with Crippen LogP contribution in [-0.4, -0.2) is 33.5 Å². The number of hydrogen-bond donors (Lipinski definition) is 3. The summed E-state index contributed by atoms with van der Waals surface area (Å²) in [5.41, 5.74) is 2.95. The summed E-state index contributed by atoms with van der Waals surface area (Å²) in [4.78, 5) is 0. The van der Waals surface area contributed by atoms with Crippen LogP contribution in [0.25, 0.3) is 32.6 Å². The highest BCUT2D eigenvalue weighted by Crippen LogP contribution is 2.35. The minimum atomic E-state index is -0.681. The van der Waals surface area contributed by atoms with Gasteiger partial charge in [-0.05, 0) is 48.4 Å². The molecule has 0 spiro atoms. The van der Waals surface area contributed by atoms with Gasteiger partial charge in [0.05, 0.1) is 18.8 Å². The standard InChI is InChI=1S/C23H26N2O2.ClH/c1-3-25-20-10-8-16(13-24-23(2,14-26)15-27)12-19(20)22-18-7-5-4-6-17(18)9-11-21(22)25;/h4-12,24,26-27H,3,13-15H2,1-2H3;1H. The van der Waals surface area contributed by atoms with Crippen LogP contribution >= 0.6 is 12.4 Å². The third-order valence-electron chi connectivity index (χ3n) is 5.55. The monoisotopic (exact) mass is 398 g/mol. The fraction of sp³-hybridized carbons (Fsp3) is 0.304. The van der Waals surface area contributed by atoms with E-state index in [0.29, 0.717) is 6.54 Å². The molecule has 0 atom stereocenters. The molecule has 5 heteroatoms. The molecule has 0 saturated heterocycles. The Kier molecular flexibility index (Phi) is 5.96. The summed E-state index contributed by atoms with van der Waals surface area (Å²) in [6, 6.07) is 19.5. The van der Waals surface area contributed by atoms with Crippen molar-refractivity contribution in [2.24, 2.45) is 0 Å². The highest BCUT2D eigenvalue weighted by atomic mass is 35.5. The van der Waals surface area contributed by atoms with E-state index in [9.17, 15) is 10.2 Å². The smallest absolute Gasteiger partial charge is 0.0633 e. The Balaban J connectivity index is 0.00000225. The van der Waals surface area contributed by atoms with Crippen LogP contribution < -0.4 is 5.32 Å². The Morgan fingerprint density at radius 3 is 2.36 bits per heavy atom. The Morgan fingerprint density at radius 1 is 0.929 bits per heavy atom. The van der Waals surface area contributed by atoms with Crippen LogP contribution in [0, 0.1) is 0 Å². The zero-order chi connectivity index (χ0) is 19.0. The molecule has 4 rings (SSSR count). The number of hydrogen-bond acceptors (Lipinski definition) is 3. The van der Waals surface area contributed by atoms with E-state index in [0.717, 1.165) is 12.1 Å². The predicted molar refractivity (Wildman–Crippen MR) is 119 cm³/mol. The molecule has 0 aliphatic carbocycles. The number of aryl methyl sites for hydroxylation is 1. The molecule has 28 heavy (non-hydrogen) atoms. The largest absolute Gasteiger partial charge is 0.394 e. The van der Waals surface area contributed by atoms with E-state index in [-0.39, 0.29) is 25.6 Å². The average Bonchev–Trinajstić information content (AvgIpc) is 3.05. The summed E-state index contributed by atoms with van der Waals surface area (Å²) in [7, 11) is 0. The maximum Gasteiger partial charge on any atom is 0.0633 e. The lowest BCUT2D eigenvalue weighted by molar-refractivity contribution is 0.103. The second-order valence-electron chi connectivity index (χ2n) is 7.51. The summed E-state index contributed by atoms with van der Waals surface area (Å²) in [5, 5.41) is 27.3. The Bertz CT molecular complexity index is 1120. The van der Waals surface area contributed by atoms with Gasteiger partial charge in [0.2, 0.25) is 0 Å². The number of aliphatic hydroxyl groups excluding tert-OH is 2. The van der Waals surface area contributed by atoms with Crippen LogP contribution in [0.1, 0.15) is 19.4 Å². The van der Waals surface area contributed by atoms with E-state index in [1.54, 1.807) is 0 Å². The van der Waals surface area contributed by atoms with Crippen LogP contribution in [0.3, 0.4) is 0 Å². The van der Waals surface area contributed by atoms with Crippen LogP contribution in [0.15, 0.2) is 54.6 Å². The summed E-state index contributed by atoms with van der Waals surface area (Å²) >= 11 is 0. The van der Waals surface area contributed by atoms with E-state index in [4.69, 9.17) is 0 Å². The quantitative estimate of drug-likeness (QED) is 0.455. The third kappa shape index (κ3) is 3.38. The first kappa shape index (κ1) is 20.6. The first-order valence-corrected chi connectivity index (χ1v) is 9.49. The van der Waals surface area contributed by atoms with Crippen molar-refractivity contribution >= 4 is 45.0 Å². The molecule has 3 aromatic carbocycles. The molecule has 0 unspecified atom stereocenters. The second-order valence-corrected chi connectivity index (χ2v) is 7.51. The SMILES string of the molecule is CCn1c2ccc(CNC(C)(CO)CO)cc2c2c3ccccc3ccc21.Cl. The highest BCUT2D eigenvalue weighted by Gasteiger charge is 2.21. The van der Waals surface area contributed by atoms with Gasteiger partial charge in [0.25, 0.3) is 0 Å². The molecular formula is C23H27ClN2O2. The van der Waals surface area contributed by atoms with Crippen molar-refractivity contribution in [1.82, 2.24) is 9.88 Å². The van der Waals surface area contributed by atoms with Crippen LogP contribution in [-0.2, 0) is 13.1 Å². The van der Waals surface area contributed by atoms with Crippen LogP contribution in [0.5, 0.6) is 0 Å². The lowest BCUT2D eigenvalue weighted by atomic mass is 10.0. The van der Waals surface area contributed by atoms with Gasteiger partial charge in [-0.2, -0.15) is 0 Å². The lowest BCUT2D eigenvalue weighted by Crippen LogP contribution is -2.48. The van der Waals surface area contributed by atoms with Crippen molar-refractivity contribution in [1.29, 1.82) is 0 Å². The number of nitrogens with one attached hydrogen (secondary N) is 1. The Morgan fingerprint density at radius 2 is 1.64 bits per heavy atom. The van der Waals surface area contributed by atoms with Gasteiger partial charge in [-0.1, -0.05) is 36.4 Å². The molecule has 4 nitrogen and oxygen atoms in total. The first-order chi connectivity index (χ1) is 13.1. The van der Waals surface area contributed by atoms with Gasteiger partial charge in [0.15, 0.2) is 0 Å². The highest BCUT2D eigenvalue weighted by molar-refractivity contribution is 6.20. The zero-order valence-electron chi connectivity index (χ0n) is 16.3. The Labute approximate surface area is 171 Å². The van der Waals surface area contributed by atoms with Gasteiger partial charge in [-0.15, -0.1) is 12.4 Å². The molecule has 4 aromatic rings. The maximum absolute atomic E-state index is 9.50. The fourth-order valence-electron chi connectivity index (χ4n) is 3.84. The van der Waals surface area contributed by atoms with Gasteiger partial charge < -0.3 is 20.1 Å². The molecule has 0 saturated carbocycles. The topological polar surface area (TPSA) is 57.4 Å². The second kappa shape index (κ2) is 8.10.